The van der Waals surface area contributed by atoms with Crippen molar-refractivity contribution in [3.8, 4) is 11.5 Å². The highest BCUT2D eigenvalue weighted by Crippen LogP contribution is 2.29. The molecule has 1 atom stereocenters. The van der Waals surface area contributed by atoms with E-state index in [9.17, 15) is 9.59 Å². The van der Waals surface area contributed by atoms with Crippen molar-refractivity contribution >= 4 is 29.1 Å². The van der Waals surface area contributed by atoms with E-state index >= 15 is 0 Å². The van der Waals surface area contributed by atoms with E-state index in [0.29, 0.717) is 41.7 Å². The summed E-state index contributed by atoms with van der Waals surface area (Å²) in [6.45, 7) is 2.88. The second kappa shape index (κ2) is 9.18. The summed E-state index contributed by atoms with van der Waals surface area (Å²) in [6, 6.07) is 11.2. The van der Waals surface area contributed by atoms with Gasteiger partial charge in [-0.05, 0) is 48.7 Å². The minimum absolute atomic E-state index is 0.0133. The molecule has 7 heteroatoms. The van der Waals surface area contributed by atoms with E-state index in [0.717, 1.165) is 11.1 Å². The maximum atomic E-state index is 12.6. The van der Waals surface area contributed by atoms with E-state index in [1.807, 2.05) is 31.2 Å². The molecule has 1 saturated heterocycles. The Morgan fingerprint density at radius 1 is 1.17 bits per heavy atom. The zero-order chi connectivity index (χ0) is 21.0. The minimum Gasteiger partial charge on any atom is -0.493 e. The molecule has 0 spiro atoms. The molecule has 3 rings (SSSR count). The van der Waals surface area contributed by atoms with Crippen molar-refractivity contribution in [2.45, 2.75) is 19.8 Å². The molecule has 0 aromatic heterocycles. The van der Waals surface area contributed by atoms with E-state index in [-0.39, 0.29) is 24.2 Å². The quantitative estimate of drug-likeness (QED) is 0.747. The molecule has 154 valence electrons. The van der Waals surface area contributed by atoms with Crippen LogP contribution in [-0.2, 0) is 16.0 Å². The normalized spacial score (nSPS) is 16.1. The Labute approximate surface area is 175 Å². The third-order valence-electron chi connectivity index (χ3n) is 5.09. The molecule has 0 saturated carbocycles. The van der Waals surface area contributed by atoms with E-state index in [4.69, 9.17) is 21.1 Å². The molecule has 0 bridgehead atoms. The van der Waals surface area contributed by atoms with E-state index < -0.39 is 0 Å². The second-order valence-corrected chi connectivity index (χ2v) is 7.56. The van der Waals surface area contributed by atoms with Crippen LogP contribution >= 0.6 is 11.6 Å². The number of aryl methyl sites for hydroxylation is 1. The van der Waals surface area contributed by atoms with Gasteiger partial charge in [0.1, 0.15) is 0 Å². The molecule has 0 radical (unpaired) electrons. The Bertz CT molecular complexity index is 916. The molecule has 1 aliphatic rings. The van der Waals surface area contributed by atoms with Gasteiger partial charge in [-0.15, -0.1) is 0 Å². The van der Waals surface area contributed by atoms with Crippen LogP contribution in [0.3, 0.4) is 0 Å². The summed E-state index contributed by atoms with van der Waals surface area (Å²) in [6.07, 6.45) is 0.880. The van der Waals surface area contributed by atoms with E-state index in [1.165, 1.54) is 0 Å². The van der Waals surface area contributed by atoms with Gasteiger partial charge in [0, 0.05) is 19.5 Å². The smallest absolute Gasteiger partial charge is 0.229 e. The summed E-state index contributed by atoms with van der Waals surface area (Å²) in [7, 11) is 3.19. The first-order valence-corrected chi connectivity index (χ1v) is 9.84. The van der Waals surface area contributed by atoms with Crippen LogP contribution in [0.4, 0.5) is 5.69 Å². The zero-order valence-electron chi connectivity index (χ0n) is 16.8. The number of benzene rings is 2. The Morgan fingerprint density at radius 3 is 2.62 bits per heavy atom. The van der Waals surface area contributed by atoms with Gasteiger partial charge < -0.3 is 19.7 Å². The first-order valence-electron chi connectivity index (χ1n) is 9.47. The number of carbonyl (C=O) groups is 2. The lowest BCUT2D eigenvalue weighted by molar-refractivity contribution is -0.128. The summed E-state index contributed by atoms with van der Waals surface area (Å²) < 4.78 is 10.6. The van der Waals surface area contributed by atoms with Crippen molar-refractivity contribution < 1.29 is 19.1 Å². The molecule has 1 N–H and O–H groups in total. The van der Waals surface area contributed by atoms with Gasteiger partial charge in [0.25, 0.3) is 0 Å². The highest BCUT2D eigenvalue weighted by Gasteiger charge is 2.34. The number of amides is 2. The fourth-order valence-electron chi connectivity index (χ4n) is 3.42. The number of hydrogen-bond donors (Lipinski definition) is 1. The predicted molar refractivity (Wildman–Crippen MR) is 113 cm³/mol. The first-order chi connectivity index (χ1) is 13.9. The fraction of sp³-hybridized carbons (Fsp3) is 0.364. The fourth-order valence-corrected chi connectivity index (χ4v) is 3.70. The molecule has 2 amide bonds. The number of likely N-dealkylation sites (tertiary alicyclic amines) is 1. The van der Waals surface area contributed by atoms with Gasteiger partial charge in [0.05, 0.1) is 30.8 Å². The Kier molecular flexibility index (Phi) is 6.64. The van der Waals surface area contributed by atoms with Crippen molar-refractivity contribution in [1.29, 1.82) is 0 Å². The topological polar surface area (TPSA) is 67.9 Å². The maximum Gasteiger partial charge on any atom is 0.229 e. The lowest BCUT2D eigenvalue weighted by atomic mass is 10.1. The van der Waals surface area contributed by atoms with E-state index in [2.05, 4.69) is 5.32 Å². The number of nitrogens with one attached hydrogen (secondary N) is 1. The van der Waals surface area contributed by atoms with Crippen LogP contribution in [0.1, 0.15) is 17.5 Å². The standard InChI is InChI=1S/C22H25ClN2O4/c1-14-4-6-18(17(23)10-14)24-22(27)16-12-21(26)25(13-16)9-8-15-5-7-19(28-2)20(11-15)29-3/h4-7,10-11,16H,8-9,12-13H2,1-3H3,(H,24,27). The average Bonchev–Trinajstić information content (AvgIpc) is 3.09. The molecular weight excluding hydrogens is 392 g/mol. The van der Waals surface area contributed by atoms with E-state index in [1.54, 1.807) is 31.3 Å². The number of ether oxygens (including phenoxy) is 2. The van der Waals surface area contributed by atoms with Gasteiger partial charge in [-0.25, -0.2) is 0 Å². The highest BCUT2D eigenvalue weighted by atomic mass is 35.5. The van der Waals surface area contributed by atoms with Crippen LogP contribution in [0, 0.1) is 12.8 Å². The van der Waals surface area contributed by atoms with Crippen molar-refractivity contribution in [2.75, 3.05) is 32.6 Å². The molecule has 6 nitrogen and oxygen atoms in total. The number of nitrogens with zero attached hydrogens (tertiary/aromatic N) is 1. The molecule has 29 heavy (non-hydrogen) atoms. The van der Waals surface area contributed by atoms with Gasteiger partial charge >= 0.3 is 0 Å². The summed E-state index contributed by atoms with van der Waals surface area (Å²) >= 11 is 6.19. The van der Waals surface area contributed by atoms with Gasteiger partial charge in [-0.1, -0.05) is 23.7 Å². The number of hydrogen-bond acceptors (Lipinski definition) is 4. The Hall–Kier alpha value is -2.73. The number of carbonyl (C=O) groups excluding carboxylic acids is 2. The third-order valence-corrected chi connectivity index (χ3v) is 5.40. The molecule has 0 aliphatic carbocycles. The molecule has 1 heterocycles. The molecule has 2 aromatic rings. The van der Waals surface area contributed by atoms with Crippen molar-refractivity contribution in [3.63, 3.8) is 0 Å². The lowest BCUT2D eigenvalue weighted by Gasteiger charge is -2.17. The second-order valence-electron chi connectivity index (χ2n) is 7.15. The minimum atomic E-state index is -0.384. The van der Waals surface area contributed by atoms with Gasteiger partial charge in [-0.2, -0.15) is 0 Å². The monoisotopic (exact) mass is 416 g/mol. The summed E-state index contributed by atoms with van der Waals surface area (Å²) in [5.74, 6) is 0.744. The average molecular weight is 417 g/mol. The van der Waals surface area contributed by atoms with Crippen molar-refractivity contribution in [2.24, 2.45) is 5.92 Å². The van der Waals surface area contributed by atoms with Crippen LogP contribution in [0.25, 0.3) is 0 Å². The summed E-state index contributed by atoms with van der Waals surface area (Å²) in [5.41, 5.74) is 2.62. The molecule has 1 fully saturated rings. The molecule has 1 aliphatic heterocycles. The third kappa shape index (κ3) is 5.01. The maximum absolute atomic E-state index is 12.6. The van der Waals surface area contributed by atoms with Crippen LogP contribution in [0.5, 0.6) is 11.5 Å². The van der Waals surface area contributed by atoms with Crippen LogP contribution in [0.2, 0.25) is 5.02 Å². The Morgan fingerprint density at radius 2 is 1.93 bits per heavy atom. The first kappa shape index (κ1) is 21.0. The zero-order valence-corrected chi connectivity index (χ0v) is 17.6. The number of halogens is 1. The van der Waals surface area contributed by atoms with Gasteiger partial charge in [0.2, 0.25) is 11.8 Å². The SMILES string of the molecule is COc1ccc(CCN2CC(C(=O)Nc3ccc(C)cc3Cl)CC2=O)cc1OC. The largest absolute Gasteiger partial charge is 0.493 e. The van der Waals surface area contributed by atoms with Crippen LogP contribution in [-0.4, -0.2) is 44.0 Å². The molecular formula is C22H25ClN2O4. The van der Waals surface area contributed by atoms with Crippen LogP contribution < -0.4 is 14.8 Å². The Balaban J connectivity index is 1.58. The molecule has 2 aromatic carbocycles. The number of methoxy groups -OCH3 is 2. The summed E-state index contributed by atoms with van der Waals surface area (Å²) in [4.78, 5) is 26.7. The number of rotatable bonds is 7. The number of anilines is 1. The van der Waals surface area contributed by atoms with Crippen molar-refractivity contribution in [1.82, 2.24) is 4.90 Å². The highest BCUT2D eigenvalue weighted by molar-refractivity contribution is 6.33. The summed E-state index contributed by atoms with van der Waals surface area (Å²) in [5, 5.41) is 3.34. The lowest BCUT2D eigenvalue weighted by Crippen LogP contribution is -2.30. The van der Waals surface area contributed by atoms with Gasteiger partial charge in [0.15, 0.2) is 11.5 Å². The van der Waals surface area contributed by atoms with Gasteiger partial charge in [-0.3, -0.25) is 9.59 Å². The molecule has 1 unspecified atom stereocenters. The predicted octanol–water partition coefficient (Wildman–Crippen LogP) is 3.70. The van der Waals surface area contributed by atoms with Crippen molar-refractivity contribution in [3.05, 3.63) is 52.5 Å². The van der Waals surface area contributed by atoms with Crippen LogP contribution in [0.15, 0.2) is 36.4 Å².